The molecular formula is C11H24ClN. The Morgan fingerprint density at radius 2 is 1.77 bits per heavy atom. The largest absolute Gasteiger partial charge is 0.306 e. The molecule has 0 spiro atoms. The Bertz CT molecular complexity index is 127. The van der Waals surface area contributed by atoms with Crippen LogP contribution in [-0.2, 0) is 0 Å². The quantitative estimate of drug-likeness (QED) is 0.623. The van der Waals surface area contributed by atoms with E-state index in [0.717, 1.165) is 13.0 Å². The second kappa shape index (κ2) is 5.87. The summed E-state index contributed by atoms with van der Waals surface area (Å²) in [4.78, 5) is 2.37. The molecule has 13 heavy (non-hydrogen) atoms. The topological polar surface area (TPSA) is 3.24 Å². The summed E-state index contributed by atoms with van der Waals surface area (Å²) >= 11 is 5.89. The Balaban J connectivity index is 3.46. The summed E-state index contributed by atoms with van der Waals surface area (Å²) < 4.78 is 0. The average molecular weight is 206 g/mol. The summed E-state index contributed by atoms with van der Waals surface area (Å²) in [7, 11) is 2.17. The van der Waals surface area contributed by atoms with Gasteiger partial charge >= 0.3 is 0 Å². The van der Waals surface area contributed by atoms with Crippen molar-refractivity contribution in [1.29, 1.82) is 0 Å². The summed E-state index contributed by atoms with van der Waals surface area (Å²) in [5, 5.41) is 0.303. The Kier molecular flexibility index (Phi) is 5.98. The van der Waals surface area contributed by atoms with Gasteiger partial charge in [-0.25, -0.2) is 0 Å². The highest BCUT2D eigenvalue weighted by Gasteiger charge is 2.11. The van der Waals surface area contributed by atoms with Crippen LogP contribution in [-0.4, -0.2) is 30.4 Å². The summed E-state index contributed by atoms with van der Waals surface area (Å²) in [5.41, 5.74) is 0.445. The molecule has 0 saturated heterocycles. The molecule has 0 aromatic heterocycles. The van der Waals surface area contributed by atoms with E-state index in [0.29, 0.717) is 10.8 Å². The average Bonchev–Trinajstić information content (AvgIpc) is 1.95. The molecule has 0 aliphatic heterocycles. The second-order valence-electron chi connectivity index (χ2n) is 5.18. The van der Waals surface area contributed by atoms with E-state index < -0.39 is 0 Å². The van der Waals surface area contributed by atoms with Gasteiger partial charge in [0.2, 0.25) is 0 Å². The highest BCUT2D eigenvalue weighted by molar-refractivity contribution is 6.20. The third-order valence-electron chi connectivity index (χ3n) is 2.15. The van der Waals surface area contributed by atoms with E-state index >= 15 is 0 Å². The molecular weight excluding hydrogens is 182 g/mol. The van der Waals surface area contributed by atoms with E-state index in [1.54, 1.807) is 0 Å². The molecule has 0 amide bonds. The lowest BCUT2D eigenvalue weighted by Gasteiger charge is -2.23. The molecule has 1 unspecified atom stereocenters. The Morgan fingerprint density at radius 3 is 2.15 bits per heavy atom. The fourth-order valence-electron chi connectivity index (χ4n) is 1.04. The van der Waals surface area contributed by atoms with Crippen LogP contribution in [0.1, 0.15) is 40.5 Å². The number of rotatable bonds is 5. The minimum absolute atomic E-state index is 0.303. The third-order valence-corrected chi connectivity index (χ3v) is 2.37. The predicted molar refractivity (Wildman–Crippen MR) is 61.5 cm³/mol. The van der Waals surface area contributed by atoms with E-state index in [1.165, 1.54) is 13.0 Å². The number of hydrogen-bond acceptors (Lipinski definition) is 1. The number of halogens is 1. The van der Waals surface area contributed by atoms with Gasteiger partial charge < -0.3 is 4.90 Å². The van der Waals surface area contributed by atoms with Crippen LogP contribution in [0, 0.1) is 5.41 Å². The molecule has 0 heterocycles. The van der Waals surface area contributed by atoms with Gasteiger partial charge in [-0.3, -0.25) is 0 Å². The molecule has 0 bridgehead atoms. The van der Waals surface area contributed by atoms with Gasteiger partial charge in [0, 0.05) is 5.38 Å². The van der Waals surface area contributed by atoms with Crippen molar-refractivity contribution in [3.8, 4) is 0 Å². The molecule has 1 nitrogen and oxygen atoms in total. The van der Waals surface area contributed by atoms with Crippen LogP contribution in [0.3, 0.4) is 0 Å². The summed E-state index contributed by atoms with van der Waals surface area (Å²) in [6.45, 7) is 11.2. The van der Waals surface area contributed by atoms with E-state index in [4.69, 9.17) is 11.6 Å². The van der Waals surface area contributed by atoms with Crippen molar-refractivity contribution >= 4 is 11.6 Å². The fourth-order valence-corrected chi connectivity index (χ4v) is 1.13. The first-order valence-corrected chi connectivity index (χ1v) is 5.57. The molecule has 80 valence electrons. The number of nitrogens with zero attached hydrogens (tertiary/aromatic N) is 1. The van der Waals surface area contributed by atoms with Gasteiger partial charge in [-0.2, -0.15) is 0 Å². The highest BCUT2D eigenvalue weighted by atomic mass is 35.5. The smallest absolute Gasteiger partial charge is 0.0320 e. The maximum atomic E-state index is 5.89. The normalized spacial score (nSPS) is 15.0. The van der Waals surface area contributed by atoms with Crippen LogP contribution in [0.5, 0.6) is 0 Å². The third kappa shape index (κ3) is 10.2. The number of hydrogen-bond donors (Lipinski definition) is 0. The molecule has 0 rings (SSSR count). The minimum Gasteiger partial charge on any atom is -0.306 e. The minimum atomic E-state index is 0.303. The van der Waals surface area contributed by atoms with Crippen molar-refractivity contribution in [2.75, 3.05) is 20.1 Å². The van der Waals surface area contributed by atoms with E-state index in [2.05, 4.69) is 39.6 Å². The van der Waals surface area contributed by atoms with E-state index in [1.807, 2.05) is 0 Å². The van der Waals surface area contributed by atoms with Crippen molar-refractivity contribution in [2.24, 2.45) is 5.41 Å². The van der Waals surface area contributed by atoms with Gasteiger partial charge in [-0.1, -0.05) is 20.8 Å². The van der Waals surface area contributed by atoms with Gasteiger partial charge in [0.15, 0.2) is 0 Å². The standard InChI is InChI=1S/C11H24ClN/c1-10(12)6-8-13(5)9-7-11(2,3)4/h10H,6-9H2,1-5H3. The zero-order chi connectivity index (χ0) is 10.5. The van der Waals surface area contributed by atoms with Crippen molar-refractivity contribution in [3.05, 3.63) is 0 Å². The molecule has 0 aliphatic carbocycles. The van der Waals surface area contributed by atoms with Crippen LogP contribution in [0.15, 0.2) is 0 Å². The lowest BCUT2D eigenvalue weighted by molar-refractivity contribution is 0.262. The van der Waals surface area contributed by atoms with Gasteiger partial charge in [0.1, 0.15) is 0 Å². The highest BCUT2D eigenvalue weighted by Crippen LogP contribution is 2.18. The Morgan fingerprint density at radius 1 is 1.23 bits per heavy atom. The van der Waals surface area contributed by atoms with Crippen molar-refractivity contribution in [3.63, 3.8) is 0 Å². The van der Waals surface area contributed by atoms with Crippen LogP contribution in [0.4, 0.5) is 0 Å². The predicted octanol–water partition coefficient (Wildman–Crippen LogP) is 3.37. The molecule has 0 aromatic rings. The molecule has 0 radical (unpaired) electrons. The van der Waals surface area contributed by atoms with Crippen LogP contribution >= 0.6 is 11.6 Å². The van der Waals surface area contributed by atoms with Gasteiger partial charge in [-0.05, 0) is 45.3 Å². The maximum Gasteiger partial charge on any atom is 0.0320 e. The molecule has 0 saturated carbocycles. The first-order chi connectivity index (χ1) is 5.81. The first-order valence-electron chi connectivity index (χ1n) is 5.14. The summed E-state index contributed by atoms with van der Waals surface area (Å²) in [5.74, 6) is 0. The fraction of sp³-hybridized carbons (Fsp3) is 1.00. The Hall–Kier alpha value is 0.250. The Labute approximate surface area is 88.5 Å². The zero-order valence-corrected chi connectivity index (χ0v) is 10.5. The maximum absolute atomic E-state index is 5.89. The van der Waals surface area contributed by atoms with Crippen molar-refractivity contribution in [1.82, 2.24) is 4.90 Å². The van der Waals surface area contributed by atoms with Crippen LogP contribution < -0.4 is 0 Å². The SMILES string of the molecule is CC(Cl)CCN(C)CCC(C)(C)C. The molecule has 1 atom stereocenters. The molecule has 0 N–H and O–H groups in total. The van der Waals surface area contributed by atoms with Crippen molar-refractivity contribution < 1.29 is 0 Å². The van der Waals surface area contributed by atoms with E-state index in [-0.39, 0.29) is 0 Å². The first kappa shape index (κ1) is 13.2. The van der Waals surface area contributed by atoms with E-state index in [9.17, 15) is 0 Å². The van der Waals surface area contributed by atoms with Crippen molar-refractivity contribution in [2.45, 2.75) is 45.9 Å². The van der Waals surface area contributed by atoms with Crippen LogP contribution in [0.2, 0.25) is 0 Å². The van der Waals surface area contributed by atoms with Crippen LogP contribution in [0.25, 0.3) is 0 Å². The molecule has 2 heteroatoms. The molecule has 0 aliphatic rings. The lowest BCUT2D eigenvalue weighted by Crippen LogP contribution is -2.25. The lowest BCUT2D eigenvalue weighted by atomic mass is 9.92. The monoisotopic (exact) mass is 205 g/mol. The number of alkyl halides is 1. The summed E-state index contributed by atoms with van der Waals surface area (Å²) in [6.07, 6.45) is 2.34. The van der Waals surface area contributed by atoms with Gasteiger partial charge in [0.05, 0.1) is 0 Å². The van der Waals surface area contributed by atoms with Gasteiger partial charge in [-0.15, -0.1) is 11.6 Å². The zero-order valence-electron chi connectivity index (χ0n) is 9.73. The van der Waals surface area contributed by atoms with Gasteiger partial charge in [0.25, 0.3) is 0 Å². The molecule has 0 aromatic carbocycles. The summed E-state index contributed by atoms with van der Waals surface area (Å²) in [6, 6.07) is 0. The second-order valence-corrected chi connectivity index (χ2v) is 5.93. The molecule has 0 fully saturated rings.